The third kappa shape index (κ3) is 2.95. The molecule has 2 N–H and O–H groups in total. The average molecular weight is 385 g/mol. The molecule has 0 aliphatic carbocycles. The molecule has 27 heavy (non-hydrogen) atoms. The second kappa shape index (κ2) is 6.38. The minimum absolute atomic E-state index is 0.0713. The molecule has 4 rings (SSSR count). The van der Waals surface area contributed by atoms with Crippen molar-refractivity contribution in [3.8, 4) is 0 Å². The van der Waals surface area contributed by atoms with Crippen LogP contribution in [0, 0.1) is 5.92 Å². The fourth-order valence-corrected chi connectivity index (χ4v) is 4.94. The van der Waals surface area contributed by atoms with E-state index in [2.05, 4.69) is 10.6 Å². The zero-order valence-electron chi connectivity index (χ0n) is 14.7. The molecule has 140 valence electrons. The Labute approximate surface area is 157 Å². The second-order valence-corrected chi connectivity index (χ2v) is 8.58. The van der Waals surface area contributed by atoms with Crippen molar-refractivity contribution in [3.05, 3.63) is 48.0 Å². The lowest BCUT2D eigenvalue weighted by molar-refractivity contribution is -0.128. The van der Waals surface area contributed by atoms with Gasteiger partial charge in [-0.15, -0.1) is 0 Å². The predicted molar refractivity (Wildman–Crippen MR) is 102 cm³/mol. The van der Waals surface area contributed by atoms with Gasteiger partial charge in [-0.05, 0) is 49.6 Å². The predicted octanol–water partition coefficient (Wildman–Crippen LogP) is 2.35. The van der Waals surface area contributed by atoms with Gasteiger partial charge in [-0.2, -0.15) is 0 Å². The van der Waals surface area contributed by atoms with Gasteiger partial charge in [0, 0.05) is 6.54 Å². The Hall–Kier alpha value is -2.87. The van der Waals surface area contributed by atoms with Crippen LogP contribution in [0.25, 0.3) is 0 Å². The van der Waals surface area contributed by atoms with Gasteiger partial charge in [-0.3, -0.25) is 13.9 Å². The van der Waals surface area contributed by atoms with E-state index < -0.39 is 27.8 Å². The highest BCUT2D eigenvalue weighted by Crippen LogP contribution is 2.34. The van der Waals surface area contributed by atoms with E-state index in [1.54, 1.807) is 6.07 Å². The zero-order chi connectivity index (χ0) is 19.2. The topological polar surface area (TPSA) is 95.6 Å². The molecule has 2 aromatic rings. The minimum Gasteiger partial charge on any atom is -0.324 e. The van der Waals surface area contributed by atoms with Crippen molar-refractivity contribution in [2.45, 2.75) is 24.7 Å². The summed E-state index contributed by atoms with van der Waals surface area (Å²) in [5, 5.41) is 5.28. The number of rotatable bonds is 2. The molecule has 2 aliphatic heterocycles. The van der Waals surface area contributed by atoms with Crippen LogP contribution in [0.4, 0.5) is 17.1 Å². The van der Waals surface area contributed by atoms with Gasteiger partial charge in [0.2, 0.25) is 11.8 Å². The van der Waals surface area contributed by atoms with E-state index >= 15 is 0 Å². The maximum Gasteiger partial charge on any atom is 0.264 e. The van der Waals surface area contributed by atoms with Gasteiger partial charge in [0.05, 0.1) is 22.0 Å². The lowest BCUT2D eigenvalue weighted by Crippen LogP contribution is -2.35. The van der Waals surface area contributed by atoms with Crippen LogP contribution in [-0.2, 0) is 26.0 Å². The zero-order valence-corrected chi connectivity index (χ0v) is 15.5. The molecule has 0 spiro atoms. The summed E-state index contributed by atoms with van der Waals surface area (Å²) in [7, 11) is -3.80. The summed E-state index contributed by atoms with van der Waals surface area (Å²) < 4.78 is 27.9. The molecule has 1 atom stereocenters. The molecule has 0 bridgehead atoms. The summed E-state index contributed by atoms with van der Waals surface area (Å²) >= 11 is 0. The highest BCUT2D eigenvalue weighted by atomic mass is 32.2. The fourth-order valence-electron chi connectivity index (χ4n) is 3.37. The van der Waals surface area contributed by atoms with E-state index in [1.807, 2.05) is 18.2 Å². The van der Waals surface area contributed by atoms with E-state index in [-0.39, 0.29) is 10.6 Å². The molecule has 8 heteroatoms. The number of fused-ring (bicyclic) bond motifs is 2. The first kappa shape index (κ1) is 17.5. The van der Waals surface area contributed by atoms with Crippen molar-refractivity contribution < 1.29 is 18.0 Å². The number of amides is 2. The van der Waals surface area contributed by atoms with Crippen LogP contribution in [0.15, 0.2) is 47.4 Å². The molecule has 7 nitrogen and oxygen atoms in total. The van der Waals surface area contributed by atoms with E-state index in [4.69, 9.17) is 0 Å². The first-order valence-corrected chi connectivity index (χ1v) is 10.2. The van der Waals surface area contributed by atoms with E-state index in [9.17, 15) is 18.0 Å². The van der Waals surface area contributed by atoms with Crippen LogP contribution in [-0.4, -0.2) is 26.8 Å². The smallest absolute Gasteiger partial charge is 0.264 e. The third-order valence-corrected chi connectivity index (χ3v) is 6.76. The van der Waals surface area contributed by atoms with Gasteiger partial charge < -0.3 is 10.6 Å². The van der Waals surface area contributed by atoms with E-state index in [0.717, 1.165) is 18.4 Å². The van der Waals surface area contributed by atoms with Crippen molar-refractivity contribution in [3.63, 3.8) is 0 Å². The lowest BCUT2D eigenvalue weighted by atomic mass is 10.0. The van der Waals surface area contributed by atoms with Gasteiger partial charge in [0.1, 0.15) is 5.92 Å². The van der Waals surface area contributed by atoms with Crippen molar-refractivity contribution in [1.82, 2.24) is 0 Å². The molecule has 1 unspecified atom stereocenters. The summed E-state index contributed by atoms with van der Waals surface area (Å²) in [5.74, 6) is -1.75. The number of para-hydroxylation sites is 1. The maximum atomic E-state index is 13.3. The first-order valence-electron chi connectivity index (χ1n) is 8.74. The lowest BCUT2D eigenvalue weighted by Gasteiger charge is -2.30. The second-order valence-electron chi connectivity index (χ2n) is 6.72. The molecule has 2 aliphatic rings. The van der Waals surface area contributed by atoms with Gasteiger partial charge in [0.15, 0.2) is 0 Å². The SMILES string of the molecule is CC1C(=O)Nc2ccc(S(=O)(=O)N3CCCc4ccccc43)cc2NC1=O. The average Bonchev–Trinajstić information content (AvgIpc) is 2.77. The molecule has 0 saturated heterocycles. The highest BCUT2D eigenvalue weighted by molar-refractivity contribution is 7.92. The molecular formula is C19H19N3O4S. The maximum absolute atomic E-state index is 13.3. The summed E-state index contributed by atoms with van der Waals surface area (Å²) in [5.41, 5.74) is 2.35. The largest absolute Gasteiger partial charge is 0.324 e. The molecule has 2 aromatic carbocycles. The van der Waals surface area contributed by atoms with Crippen molar-refractivity contribution in [2.24, 2.45) is 5.92 Å². The molecule has 2 amide bonds. The molecule has 0 aromatic heterocycles. The van der Waals surface area contributed by atoms with Crippen LogP contribution in [0.5, 0.6) is 0 Å². The Balaban J connectivity index is 1.76. The molecule has 0 radical (unpaired) electrons. The Morgan fingerprint density at radius 2 is 1.70 bits per heavy atom. The summed E-state index contributed by atoms with van der Waals surface area (Å²) in [6.45, 7) is 1.90. The Bertz CT molecular complexity index is 1050. The molecule has 0 saturated carbocycles. The van der Waals surface area contributed by atoms with Gasteiger partial charge >= 0.3 is 0 Å². The first-order chi connectivity index (χ1) is 12.9. The number of aryl methyl sites for hydroxylation is 1. The number of carbonyl (C=O) groups excluding carboxylic acids is 2. The van der Waals surface area contributed by atoms with Crippen LogP contribution in [0.2, 0.25) is 0 Å². The molecular weight excluding hydrogens is 366 g/mol. The van der Waals surface area contributed by atoms with Crippen molar-refractivity contribution in [1.29, 1.82) is 0 Å². The van der Waals surface area contributed by atoms with Crippen LogP contribution >= 0.6 is 0 Å². The number of hydrogen-bond acceptors (Lipinski definition) is 4. The number of carbonyl (C=O) groups is 2. The Morgan fingerprint density at radius 1 is 1.00 bits per heavy atom. The Morgan fingerprint density at radius 3 is 2.48 bits per heavy atom. The number of nitrogens with one attached hydrogen (secondary N) is 2. The quantitative estimate of drug-likeness (QED) is 0.776. The van der Waals surface area contributed by atoms with E-state index in [0.29, 0.717) is 17.9 Å². The number of anilines is 3. The molecule has 2 heterocycles. The van der Waals surface area contributed by atoms with Crippen LogP contribution in [0.1, 0.15) is 18.9 Å². The van der Waals surface area contributed by atoms with Crippen molar-refractivity contribution >= 4 is 38.9 Å². The summed E-state index contributed by atoms with van der Waals surface area (Å²) in [4.78, 5) is 24.1. The monoisotopic (exact) mass is 385 g/mol. The molecule has 0 fully saturated rings. The van der Waals surface area contributed by atoms with Gasteiger partial charge in [-0.1, -0.05) is 18.2 Å². The number of benzene rings is 2. The fraction of sp³-hybridized carbons (Fsp3) is 0.263. The highest BCUT2D eigenvalue weighted by Gasteiger charge is 2.31. The van der Waals surface area contributed by atoms with Crippen LogP contribution in [0.3, 0.4) is 0 Å². The van der Waals surface area contributed by atoms with E-state index in [1.165, 1.54) is 29.4 Å². The summed E-state index contributed by atoms with van der Waals surface area (Å²) in [6, 6.07) is 11.8. The van der Waals surface area contributed by atoms with Gasteiger partial charge in [0.25, 0.3) is 10.0 Å². The number of hydrogen-bond donors (Lipinski definition) is 2. The van der Waals surface area contributed by atoms with Crippen molar-refractivity contribution in [2.75, 3.05) is 21.5 Å². The normalized spacial score (nSPS) is 19.4. The third-order valence-electron chi connectivity index (χ3n) is 4.95. The Kier molecular flexibility index (Phi) is 4.15. The van der Waals surface area contributed by atoms with Gasteiger partial charge in [-0.25, -0.2) is 8.42 Å². The van der Waals surface area contributed by atoms with Crippen LogP contribution < -0.4 is 14.9 Å². The number of nitrogens with zero attached hydrogens (tertiary/aromatic N) is 1. The standard InChI is InChI=1S/C19H19N3O4S/c1-12-18(23)20-15-9-8-14(11-16(15)21-19(12)24)27(25,26)22-10-4-6-13-5-2-3-7-17(13)22/h2-3,5,7-9,11-12H,4,6,10H2,1H3,(H,20,23)(H,21,24). The minimum atomic E-state index is -3.80. The number of sulfonamides is 1. The summed E-state index contributed by atoms with van der Waals surface area (Å²) in [6.07, 6.45) is 1.58.